The molecule has 1 unspecified atom stereocenters. The number of nitrogen functional groups attached to an aromatic ring is 1. The second kappa shape index (κ2) is 8.57. The maximum Gasteiger partial charge on any atom is 0.227 e. The lowest BCUT2D eigenvalue weighted by Gasteiger charge is -2.23. The fraction of sp³-hybridized carbons (Fsp3) is 0.280. The van der Waals surface area contributed by atoms with Gasteiger partial charge in [-0.05, 0) is 51.2 Å². The molecule has 0 radical (unpaired) electrons. The maximum absolute atomic E-state index is 6.49. The number of fused-ring (bicyclic) bond motifs is 1. The monoisotopic (exact) mass is 461 g/mol. The molecule has 8 heteroatoms. The highest BCUT2D eigenvalue weighted by Crippen LogP contribution is 2.35. The quantitative estimate of drug-likeness (QED) is 0.360. The van der Waals surface area contributed by atoms with Crippen molar-refractivity contribution < 1.29 is 0 Å². The molecule has 2 aromatic carbocycles. The van der Waals surface area contributed by atoms with E-state index in [-0.39, 0.29) is 0 Å². The molecule has 0 aliphatic carbocycles. The summed E-state index contributed by atoms with van der Waals surface area (Å²) in [6.45, 7) is 4.07. The highest BCUT2D eigenvalue weighted by Gasteiger charge is 2.25. The molecular weight excluding hydrogens is 434 g/mol. The molecule has 3 heterocycles. The number of aromatic amines is 1. The molecule has 0 saturated carbocycles. The van der Waals surface area contributed by atoms with Crippen molar-refractivity contribution in [3.05, 3.63) is 59.4 Å². The molecule has 7 nitrogen and oxygen atoms in total. The van der Waals surface area contributed by atoms with Gasteiger partial charge < -0.3 is 25.8 Å². The van der Waals surface area contributed by atoms with Gasteiger partial charge in [-0.2, -0.15) is 0 Å². The van der Waals surface area contributed by atoms with Crippen LogP contribution in [0, 0.1) is 6.92 Å². The molecule has 0 spiro atoms. The van der Waals surface area contributed by atoms with Gasteiger partial charge in [-0.15, -0.1) is 0 Å². The minimum Gasteiger partial charge on any atom is -0.397 e. The van der Waals surface area contributed by atoms with Crippen LogP contribution in [-0.4, -0.2) is 53.1 Å². The zero-order valence-electron chi connectivity index (χ0n) is 19.1. The fourth-order valence-electron chi connectivity index (χ4n) is 4.55. The Hall–Kier alpha value is -3.29. The van der Waals surface area contributed by atoms with E-state index in [0.29, 0.717) is 22.7 Å². The number of likely N-dealkylation sites (N-methyl/N-ethyl adjacent to an activating group) is 1. The van der Waals surface area contributed by atoms with Crippen molar-refractivity contribution in [3.63, 3.8) is 0 Å². The third-order valence-electron chi connectivity index (χ3n) is 6.44. The van der Waals surface area contributed by atoms with Crippen molar-refractivity contribution in [2.45, 2.75) is 19.4 Å². The smallest absolute Gasteiger partial charge is 0.227 e. The molecule has 1 fully saturated rings. The van der Waals surface area contributed by atoms with Gasteiger partial charge in [0.2, 0.25) is 5.95 Å². The minimum atomic E-state index is 0.470. The molecule has 170 valence electrons. The number of halogens is 1. The molecule has 33 heavy (non-hydrogen) atoms. The van der Waals surface area contributed by atoms with Crippen LogP contribution in [0.5, 0.6) is 0 Å². The SMILES string of the molecule is Cc1cccc2c(-c3nc(Nc4ccc(N5CCC(N(C)C)C5)c(N)c4)ncc3Cl)c[nH]c12. The molecule has 0 bridgehead atoms. The molecular formula is C25H28ClN7. The van der Waals surface area contributed by atoms with E-state index in [0.717, 1.165) is 53.0 Å². The summed E-state index contributed by atoms with van der Waals surface area (Å²) < 4.78 is 0. The molecule has 4 N–H and O–H groups in total. The lowest BCUT2D eigenvalue weighted by atomic mass is 10.1. The predicted octanol–water partition coefficient (Wildman–Crippen LogP) is 5.05. The van der Waals surface area contributed by atoms with E-state index in [4.69, 9.17) is 22.3 Å². The van der Waals surface area contributed by atoms with E-state index >= 15 is 0 Å². The van der Waals surface area contributed by atoms with Crippen LogP contribution in [0.3, 0.4) is 0 Å². The Balaban J connectivity index is 1.40. The summed E-state index contributed by atoms with van der Waals surface area (Å²) >= 11 is 6.49. The number of nitrogens with zero attached hydrogens (tertiary/aromatic N) is 4. The van der Waals surface area contributed by atoms with E-state index in [9.17, 15) is 0 Å². The Bertz CT molecular complexity index is 1310. The zero-order valence-corrected chi connectivity index (χ0v) is 19.8. The Labute approximate surface area is 198 Å². The first-order chi connectivity index (χ1) is 15.9. The van der Waals surface area contributed by atoms with Crippen LogP contribution in [0.15, 0.2) is 48.8 Å². The molecule has 5 rings (SSSR count). The van der Waals surface area contributed by atoms with Crippen LogP contribution in [0.2, 0.25) is 5.02 Å². The van der Waals surface area contributed by atoms with E-state index in [2.05, 4.69) is 64.3 Å². The Kier molecular flexibility index (Phi) is 5.60. The summed E-state index contributed by atoms with van der Waals surface area (Å²) in [6, 6.07) is 12.7. The van der Waals surface area contributed by atoms with Crippen LogP contribution >= 0.6 is 11.6 Å². The van der Waals surface area contributed by atoms with Crippen molar-refractivity contribution in [2.75, 3.05) is 43.1 Å². The fourth-order valence-corrected chi connectivity index (χ4v) is 4.74. The van der Waals surface area contributed by atoms with Crippen LogP contribution in [-0.2, 0) is 0 Å². The summed E-state index contributed by atoms with van der Waals surface area (Å²) in [6.07, 6.45) is 4.71. The maximum atomic E-state index is 6.49. The molecule has 0 amide bonds. The third kappa shape index (κ3) is 4.10. The second-order valence-electron chi connectivity index (χ2n) is 8.84. The number of hydrogen-bond acceptors (Lipinski definition) is 6. The number of rotatable bonds is 5. The first-order valence-corrected chi connectivity index (χ1v) is 11.5. The number of nitrogens with one attached hydrogen (secondary N) is 2. The van der Waals surface area contributed by atoms with Crippen molar-refractivity contribution in [1.29, 1.82) is 0 Å². The third-order valence-corrected chi connectivity index (χ3v) is 6.72. The van der Waals surface area contributed by atoms with Crippen molar-refractivity contribution in [2.24, 2.45) is 0 Å². The van der Waals surface area contributed by atoms with E-state index in [1.165, 1.54) is 5.56 Å². The number of aryl methyl sites for hydroxylation is 1. The highest BCUT2D eigenvalue weighted by atomic mass is 35.5. The van der Waals surface area contributed by atoms with Crippen molar-refractivity contribution >= 4 is 45.5 Å². The summed E-state index contributed by atoms with van der Waals surface area (Å²) in [5.74, 6) is 0.470. The van der Waals surface area contributed by atoms with Crippen LogP contribution in [0.25, 0.3) is 22.2 Å². The van der Waals surface area contributed by atoms with Crippen LogP contribution in [0.4, 0.5) is 23.0 Å². The number of nitrogens with two attached hydrogens (primary N) is 1. The predicted molar refractivity (Wildman–Crippen MR) is 138 cm³/mol. The topological polar surface area (TPSA) is 86.1 Å². The summed E-state index contributed by atoms with van der Waals surface area (Å²) in [4.78, 5) is 17.1. The standard InChI is InChI=1S/C25H28ClN7/c1-15-5-4-6-18-19(12-28-23(15)18)24-20(26)13-29-25(31-24)30-16-7-8-22(21(27)11-16)33-10-9-17(14-33)32(2)3/h4-8,11-13,17,28H,9-10,14,27H2,1-3H3,(H,29,30,31). The van der Waals surface area contributed by atoms with E-state index < -0.39 is 0 Å². The number of anilines is 4. The Morgan fingerprint density at radius 3 is 2.85 bits per heavy atom. The highest BCUT2D eigenvalue weighted by molar-refractivity contribution is 6.33. The number of para-hydroxylation sites is 1. The molecule has 1 saturated heterocycles. The minimum absolute atomic E-state index is 0.470. The summed E-state index contributed by atoms with van der Waals surface area (Å²) in [5, 5.41) is 4.86. The van der Waals surface area contributed by atoms with Gasteiger partial charge in [0.1, 0.15) is 0 Å². The zero-order chi connectivity index (χ0) is 23.1. The van der Waals surface area contributed by atoms with Crippen LogP contribution < -0.4 is 16.0 Å². The van der Waals surface area contributed by atoms with Gasteiger partial charge in [0.15, 0.2) is 0 Å². The lowest BCUT2D eigenvalue weighted by Crippen LogP contribution is -2.31. The van der Waals surface area contributed by atoms with Crippen molar-refractivity contribution in [1.82, 2.24) is 19.9 Å². The molecule has 1 atom stereocenters. The number of hydrogen-bond donors (Lipinski definition) is 3. The molecule has 1 aliphatic rings. The van der Waals surface area contributed by atoms with E-state index in [1.807, 2.05) is 24.4 Å². The number of benzene rings is 2. The first-order valence-electron chi connectivity index (χ1n) is 11.1. The number of aromatic nitrogens is 3. The normalized spacial score (nSPS) is 16.2. The molecule has 1 aliphatic heterocycles. The first kappa shape index (κ1) is 21.6. The molecule has 2 aromatic heterocycles. The van der Waals surface area contributed by atoms with Gasteiger partial charge >= 0.3 is 0 Å². The van der Waals surface area contributed by atoms with E-state index in [1.54, 1.807) is 6.20 Å². The van der Waals surface area contributed by atoms with Crippen LogP contribution in [0.1, 0.15) is 12.0 Å². The summed E-state index contributed by atoms with van der Waals surface area (Å²) in [5.41, 5.74) is 12.9. The summed E-state index contributed by atoms with van der Waals surface area (Å²) in [7, 11) is 4.25. The van der Waals surface area contributed by atoms with Crippen molar-refractivity contribution in [3.8, 4) is 11.3 Å². The van der Waals surface area contributed by atoms with Gasteiger partial charge in [-0.25, -0.2) is 9.97 Å². The lowest BCUT2D eigenvalue weighted by molar-refractivity contribution is 0.315. The van der Waals surface area contributed by atoms with Gasteiger partial charge in [0.25, 0.3) is 0 Å². The average Bonchev–Trinajstić information content (AvgIpc) is 3.44. The molecule has 4 aromatic rings. The second-order valence-corrected chi connectivity index (χ2v) is 9.25. The van der Waals surface area contributed by atoms with Gasteiger partial charge in [-0.3, -0.25) is 0 Å². The van der Waals surface area contributed by atoms with Gasteiger partial charge in [0.05, 0.1) is 28.3 Å². The Morgan fingerprint density at radius 2 is 2.09 bits per heavy atom. The van der Waals surface area contributed by atoms with Gasteiger partial charge in [0, 0.05) is 47.5 Å². The van der Waals surface area contributed by atoms with Gasteiger partial charge in [-0.1, -0.05) is 29.8 Å². The number of H-pyrrole nitrogens is 1. The largest absolute Gasteiger partial charge is 0.397 e. The average molecular weight is 462 g/mol. The Morgan fingerprint density at radius 1 is 1.24 bits per heavy atom.